The molecule has 0 radical (unpaired) electrons. The molecule has 9 nitrogen and oxygen atoms in total. The van der Waals surface area contributed by atoms with Crippen molar-refractivity contribution in [2.45, 2.75) is 56.9 Å². The molecule has 2 aliphatic rings. The van der Waals surface area contributed by atoms with E-state index in [1.165, 1.54) is 33.1 Å². The Kier molecular flexibility index (Phi) is 5.93. The zero-order valence-corrected chi connectivity index (χ0v) is 20.5. The van der Waals surface area contributed by atoms with Gasteiger partial charge in [0.2, 0.25) is 11.1 Å². The number of carboxylic acid groups (broad SMARTS) is 1. The molecule has 3 rings (SSSR count). The van der Waals surface area contributed by atoms with E-state index in [1.807, 2.05) is 6.92 Å². The first-order valence-corrected chi connectivity index (χ1v) is 14.0. The number of β-lactam (4-membered cyclic amide) rings is 1. The van der Waals surface area contributed by atoms with Crippen LogP contribution in [0.5, 0.6) is 0 Å². The highest BCUT2D eigenvalue weighted by atomic mass is 32.2. The third kappa shape index (κ3) is 3.75. The van der Waals surface area contributed by atoms with E-state index >= 15 is 0 Å². The second-order valence-electron chi connectivity index (χ2n) is 8.67. The van der Waals surface area contributed by atoms with Crippen molar-refractivity contribution in [1.82, 2.24) is 25.1 Å². The number of amides is 1. The molecule has 0 spiro atoms. The molecule has 2 aliphatic heterocycles. The number of nitrogens with zero attached hydrogens (tertiary/aromatic N) is 5. The number of aromatic nitrogens is 4. The smallest absolute Gasteiger partial charge is 0.353 e. The zero-order valence-electron chi connectivity index (χ0n) is 17.7. The minimum absolute atomic E-state index is 0.0712. The van der Waals surface area contributed by atoms with Crippen molar-refractivity contribution < 1.29 is 19.1 Å². The van der Waals surface area contributed by atoms with Crippen LogP contribution in [0.15, 0.2) is 15.8 Å². The Bertz CT molecular complexity index is 868. The van der Waals surface area contributed by atoms with Gasteiger partial charge in [0, 0.05) is 17.7 Å². The molecular formula is C17H27N5O4S2Si. The average molecular weight is 458 g/mol. The number of hydrogen-bond acceptors (Lipinski definition) is 8. The molecule has 1 fully saturated rings. The van der Waals surface area contributed by atoms with Crippen molar-refractivity contribution in [3.05, 3.63) is 10.6 Å². The summed E-state index contributed by atoms with van der Waals surface area (Å²) in [7, 11) is 0.287. The van der Waals surface area contributed by atoms with Gasteiger partial charge in [0.25, 0.3) is 0 Å². The van der Waals surface area contributed by atoms with Crippen molar-refractivity contribution in [1.29, 1.82) is 0 Å². The Morgan fingerprint density at radius 1 is 1.34 bits per heavy atom. The number of carbonyl (C=O) groups is 2. The van der Waals surface area contributed by atoms with Crippen molar-refractivity contribution in [2.24, 2.45) is 18.4 Å². The molecule has 3 heterocycles. The minimum Gasteiger partial charge on any atom is -0.477 e. The van der Waals surface area contributed by atoms with Crippen LogP contribution in [0, 0.1) is 11.3 Å². The molecule has 1 amide bonds. The van der Waals surface area contributed by atoms with Crippen LogP contribution in [-0.4, -0.2) is 67.9 Å². The van der Waals surface area contributed by atoms with Crippen LogP contribution in [0.4, 0.5) is 0 Å². The minimum atomic E-state index is -1.44. The van der Waals surface area contributed by atoms with Crippen LogP contribution < -0.4 is 0 Å². The third-order valence-electron chi connectivity index (χ3n) is 5.49. The first-order valence-electron chi connectivity index (χ1n) is 9.37. The monoisotopic (exact) mass is 457 g/mol. The van der Waals surface area contributed by atoms with Crippen LogP contribution in [0.3, 0.4) is 0 Å². The van der Waals surface area contributed by atoms with Gasteiger partial charge >= 0.3 is 5.97 Å². The van der Waals surface area contributed by atoms with Gasteiger partial charge in [-0.3, -0.25) is 9.69 Å². The van der Waals surface area contributed by atoms with Gasteiger partial charge in [0.15, 0.2) is 9.04 Å². The van der Waals surface area contributed by atoms with Gasteiger partial charge in [-0.2, -0.15) is 0 Å². The summed E-state index contributed by atoms with van der Waals surface area (Å²) in [5, 5.41) is 21.4. The van der Waals surface area contributed by atoms with Crippen LogP contribution in [0.25, 0.3) is 0 Å². The second kappa shape index (κ2) is 7.71. The van der Waals surface area contributed by atoms with Gasteiger partial charge in [-0.25, -0.2) is 9.48 Å². The molecule has 160 valence electrons. The fourth-order valence-corrected chi connectivity index (χ4v) is 7.73. The Hall–Kier alpha value is -1.37. The molecule has 3 atom stereocenters. The molecule has 0 aliphatic carbocycles. The van der Waals surface area contributed by atoms with E-state index in [4.69, 9.17) is 4.43 Å². The Labute approximate surface area is 180 Å². The maximum Gasteiger partial charge on any atom is 0.353 e. The van der Waals surface area contributed by atoms with Crippen LogP contribution in [-0.2, 0) is 21.1 Å². The average Bonchev–Trinajstić information content (AvgIpc) is 3.12. The van der Waals surface area contributed by atoms with Crippen LogP contribution >= 0.6 is 23.5 Å². The normalized spacial score (nSPS) is 24.0. The predicted octanol–water partition coefficient (Wildman–Crippen LogP) is 1.93. The standard InChI is InChI=1S/C17H27N5O4S2Si/c1-16(2,3)17(4,26-29(6)7)10-12(23)22-11(14(24)25)9(28-13(10)22)8-27-15-18-19-20-21(15)5/h10,13,29H,8H2,1-7H3,(H,24,25)/t10-,13-,17-/m1/s1. The second-order valence-corrected chi connectivity index (χ2v) is 13.2. The number of aryl methyl sites for hydroxylation is 1. The van der Waals surface area contributed by atoms with E-state index in [1.54, 1.807) is 7.05 Å². The van der Waals surface area contributed by atoms with Gasteiger partial charge in [0.1, 0.15) is 11.1 Å². The SMILES string of the molecule is Cn1nnnc1SCC1=C(C(=O)O)N2C(=O)[C@@H]([C@@](C)(O[SiH](C)C)C(C)(C)C)[C@H]2S1. The molecule has 1 aromatic heterocycles. The van der Waals surface area contributed by atoms with Gasteiger partial charge in [0.05, 0.1) is 11.5 Å². The molecule has 0 aromatic carbocycles. The number of carboxylic acids is 1. The fourth-order valence-electron chi connectivity index (χ4n) is 3.67. The highest BCUT2D eigenvalue weighted by molar-refractivity contribution is 8.06. The highest BCUT2D eigenvalue weighted by Gasteiger charge is 2.65. The van der Waals surface area contributed by atoms with Gasteiger partial charge in [-0.1, -0.05) is 32.5 Å². The van der Waals surface area contributed by atoms with Gasteiger partial charge in [-0.05, 0) is 35.9 Å². The lowest BCUT2D eigenvalue weighted by molar-refractivity contribution is -0.173. The number of carbonyl (C=O) groups excluding carboxylic acids is 1. The quantitative estimate of drug-likeness (QED) is 0.373. The summed E-state index contributed by atoms with van der Waals surface area (Å²) in [6.45, 7) is 12.4. The zero-order chi connectivity index (χ0) is 21.7. The van der Waals surface area contributed by atoms with E-state index in [9.17, 15) is 14.7 Å². The number of tetrazole rings is 1. The summed E-state index contributed by atoms with van der Waals surface area (Å²) < 4.78 is 7.96. The molecule has 1 aromatic rings. The molecule has 1 saturated heterocycles. The van der Waals surface area contributed by atoms with Crippen LogP contribution in [0.2, 0.25) is 13.1 Å². The Balaban J connectivity index is 1.87. The van der Waals surface area contributed by atoms with E-state index in [-0.39, 0.29) is 22.4 Å². The fraction of sp³-hybridized carbons (Fsp3) is 0.706. The van der Waals surface area contributed by atoms with Crippen molar-refractivity contribution in [2.75, 3.05) is 5.75 Å². The molecule has 0 saturated carbocycles. The first kappa shape index (κ1) is 22.3. The summed E-state index contributed by atoms with van der Waals surface area (Å²) in [4.78, 5) is 27.2. The predicted molar refractivity (Wildman–Crippen MR) is 114 cm³/mol. The van der Waals surface area contributed by atoms with E-state index in [0.29, 0.717) is 15.8 Å². The summed E-state index contributed by atoms with van der Waals surface area (Å²) in [5.74, 6) is -1.27. The summed E-state index contributed by atoms with van der Waals surface area (Å²) in [6.07, 6.45) is 0. The molecular weight excluding hydrogens is 430 g/mol. The number of thioether (sulfide) groups is 2. The Morgan fingerprint density at radius 3 is 2.48 bits per heavy atom. The van der Waals surface area contributed by atoms with E-state index in [2.05, 4.69) is 49.4 Å². The van der Waals surface area contributed by atoms with Crippen LogP contribution in [0.1, 0.15) is 27.7 Å². The lowest BCUT2D eigenvalue weighted by Gasteiger charge is -2.56. The summed E-state index contributed by atoms with van der Waals surface area (Å²) in [6, 6.07) is 0. The third-order valence-corrected chi connectivity index (χ3v) is 9.02. The molecule has 0 unspecified atom stereocenters. The number of hydrogen-bond donors (Lipinski definition) is 1. The topological polar surface area (TPSA) is 110 Å². The molecule has 29 heavy (non-hydrogen) atoms. The first-order chi connectivity index (χ1) is 13.4. The maximum absolute atomic E-state index is 13.2. The lowest BCUT2D eigenvalue weighted by Crippen LogP contribution is -2.69. The molecule has 12 heteroatoms. The van der Waals surface area contributed by atoms with Gasteiger partial charge in [-0.15, -0.1) is 16.9 Å². The highest BCUT2D eigenvalue weighted by Crippen LogP contribution is 2.57. The van der Waals surface area contributed by atoms with Crippen molar-refractivity contribution in [3.63, 3.8) is 0 Å². The lowest BCUT2D eigenvalue weighted by atomic mass is 9.66. The van der Waals surface area contributed by atoms with E-state index < -0.39 is 26.5 Å². The maximum atomic E-state index is 13.2. The molecule has 1 N–H and O–H groups in total. The van der Waals surface area contributed by atoms with Crippen molar-refractivity contribution >= 4 is 44.4 Å². The molecule has 0 bridgehead atoms. The summed E-state index contributed by atoms with van der Waals surface area (Å²) >= 11 is 2.80. The number of rotatable bonds is 7. The Morgan fingerprint density at radius 2 is 2.00 bits per heavy atom. The number of fused-ring (bicyclic) bond motifs is 1. The summed E-state index contributed by atoms with van der Waals surface area (Å²) in [5.41, 5.74) is -0.872. The largest absolute Gasteiger partial charge is 0.477 e. The number of aliphatic carboxylic acids is 1. The van der Waals surface area contributed by atoms with E-state index in [0.717, 1.165) is 0 Å². The van der Waals surface area contributed by atoms with Gasteiger partial charge < -0.3 is 9.53 Å². The van der Waals surface area contributed by atoms with Crippen molar-refractivity contribution in [3.8, 4) is 0 Å².